The van der Waals surface area contributed by atoms with Crippen LogP contribution in [0.1, 0.15) is 11.4 Å². The number of hydrogen-bond acceptors (Lipinski definition) is 4. The summed E-state index contributed by atoms with van der Waals surface area (Å²) in [5.41, 5.74) is 1.44. The van der Waals surface area contributed by atoms with E-state index in [9.17, 15) is 0 Å². The molecule has 0 aromatic carbocycles. The predicted octanol–water partition coefficient (Wildman–Crippen LogP) is 1.32. The number of imidazole rings is 1. The van der Waals surface area contributed by atoms with Gasteiger partial charge in [-0.25, -0.2) is 4.98 Å². The summed E-state index contributed by atoms with van der Waals surface area (Å²) in [6, 6.07) is 3.87. The monoisotopic (exact) mass is 227 g/mol. The van der Waals surface area contributed by atoms with Gasteiger partial charge < -0.3 is 9.47 Å². The molecule has 2 aromatic rings. The van der Waals surface area contributed by atoms with Gasteiger partial charge in [-0.05, 0) is 6.07 Å². The minimum Gasteiger partial charge on any atom is -0.365 e. The van der Waals surface area contributed by atoms with E-state index in [1.807, 2.05) is 29.8 Å². The lowest BCUT2D eigenvalue weighted by molar-refractivity contribution is 0.760. The maximum Gasteiger partial charge on any atom is 0.127 e. The van der Waals surface area contributed by atoms with E-state index in [0.29, 0.717) is 12.1 Å². The molecular formula is C12H13N5. The van der Waals surface area contributed by atoms with Crippen molar-refractivity contribution < 1.29 is 0 Å². The van der Waals surface area contributed by atoms with E-state index >= 15 is 0 Å². The number of anilines is 1. The number of rotatable bonds is 3. The molecule has 0 N–H and O–H groups in total. The number of nitriles is 1. The van der Waals surface area contributed by atoms with Gasteiger partial charge in [0.25, 0.3) is 0 Å². The van der Waals surface area contributed by atoms with Crippen molar-refractivity contribution in [3.8, 4) is 6.07 Å². The molecule has 5 nitrogen and oxygen atoms in total. The third-order valence-electron chi connectivity index (χ3n) is 2.63. The van der Waals surface area contributed by atoms with Crippen LogP contribution in [0.3, 0.4) is 0 Å². The van der Waals surface area contributed by atoms with Crippen molar-refractivity contribution in [2.75, 3.05) is 11.9 Å². The third kappa shape index (κ3) is 2.26. The molecule has 2 heterocycles. The number of hydrogen-bond donors (Lipinski definition) is 0. The smallest absolute Gasteiger partial charge is 0.127 e. The van der Waals surface area contributed by atoms with Gasteiger partial charge in [-0.2, -0.15) is 5.26 Å². The van der Waals surface area contributed by atoms with Crippen molar-refractivity contribution in [3.05, 3.63) is 42.2 Å². The van der Waals surface area contributed by atoms with Crippen LogP contribution >= 0.6 is 0 Å². The van der Waals surface area contributed by atoms with Gasteiger partial charge in [0.1, 0.15) is 11.9 Å². The molecule has 5 heteroatoms. The van der Waals surface area contributed by atoms with Gasteiger partial charge >= 0.3 is 0 Å². The normalized spacial score (nSPS) is 9.94. The maximum absolute atomic E-state index is 9.02. The van der Waals surface area contributed by atoms with E-state index in [0.717, 1.165) is 11.5 Å². The molecule has 2 rings (SSSR count). The number of aryl methyl sites for hydroxylation is 1. The third-order valence-corrected chi connectivity index (χ3v) is 2.63. The first-order valence-corrected chi connectivity index (χ1v) is 5.24. The lowest BCUT2D eigenvalue weighted by Crippen LogP contribution is -2.20. The second-order valence-electron chi connectivity index (χ2n) is 3.82. The largest absolute Gasteiger partial charge is 0.365 e. The molecule has 0 saturated carbocycles. The Morgan fingerprint density at radius 1 is 1.47 bits per heavy atom. The average Bonchev–Trinajstić information content (AvgIpc) is 2.75. The molecule has 0 fully saturated rings. The van der Waals surface area contributed by atoms with Crippen LogP contribution < -0.4 is 4.90 Å². The Balaban J connectivity index is 2.24. The summed E-state index contributed by atoms with van der Waals surface area (Å²) in [5, 5.41) is 9.02. The summed E-state index contributed by atoms with van der Waals surface area (Å²) >= 11 is 0. The van der Waals surface area contributed by atoms with Gasteiger partial charge in [0.2, 0.25) is 0 Å². The van der Waals surface area contributed by atoms with Gasteiger partial charge in [-0.1, -0.05) is 0 Å². The molecule has 0 saturated heterocycles. The minimum absolute atomic E-state index is 0.622. The Labute approximate surface area is 100.0 Å². The molecule has 0 radical (unpaired) electrons. The molecule has 0 aliphatic carbocycles. The quantitative estimate of drug-likeness (QED) is 0.793. The summed E-state index contributed by atoms with van der Waals surface area (Å²) in [5.74, 6) is 0.945. The highest BCUT2D eigenvalue weighted by Gasteiger charge is 2.09. The summed E-state index contributed by atoms with van der Waals surface area (Å²) in [6.07, 6.45) is 6.98. The number of aromatic nitrogens is 3. The zero-order valence-corrected chi connectivity index (χ0v) is 9.83. The molecule has 2 aromatic heterocycles. The number of nitrogens with zero attached hydrogens (tertiary/aromatic N) is 5. The Morgan fingerprint density at radius 2 is 2.29 bits per heavy atom. The average molecular weight is 227 g/mol. The fourth-order valence-electron chi connectivity index (χ4n) is 1.63. The van der Waals surface area contributed by atoms with E-state index in [2.05, 4.69) is 16.0 Å². The Kier molecular flexibility index (Phi) is 3.06. The molecule has 0 atom stereocenters. The van der Waals surface area contributed by atoms with Crippen molar-refractivity contribution >= 4 is 5.69 Å². The van der Waals surface area contributed by atoms with Gasteiger partial charge in [0.15, 0.2) is 0 Å². The molecule has 17 heavy (non-hydrogen) atoms. The van der Waals surface area contributed by atoms with Crippen molar-refractivity contribution in [1.29, 1.82) is 5.26 Å². The summed E-state index contributed by atoms with van der Waals surface area (Å²) in [6.45, 7) is 0.643. The molecule has 86 valence electrons. The SMILES string of the molecule is CN(Cc1nccn1C)c1cnccc1C#N. The van der Waals surface area contributed by atoms with Gasteiger partial charge in [-0.15, -0.1) is 0 Å². The van der Waals surface area contributed by atoms with Crippen molar-refractivity contribution in [2.24, 2.45) is 7.05 Å². The zero-order valence-electron chi connectivity index (χ0n) is 9.83. The molecule has 0 bridgehead atoms. The summed E-state index contributed by atoms with van der Waals surface area (Å²) < 4.78 is 1.96. The first-order chi connectivity index (χ1) is 8.22. The predicted molar refractivity (Wildman–Crippen MR) is 64.3 cm³/mol. The summed E-state index contributed by atoms with van der Waals surface area (Å²) in [4.78, 5) is 10.3. The lowest BCUT2D eigenvalue weighted by atomic mass is 10.2. The van der Waals surface area contributed by atoms with E-state index in [1.54, 1.807) is 24.7 Å². The highest BCUT2D eigenvalue weighted by Crippen LogP contribution is 2.18. The molecule has 0 unspecified atom stereocenters. The number of pyridine rings is 1. The van der Waals surface area contributed by atoms with E-state index < -0.39 is 0 Å². The Morgan fingerprint density at radius 3 is 2.94 bits per heavy atom. The van der Waals surface area contributed by atoms with Crippen LogP contribution in [0.5, 0.6) is 0 Å². The maximum atomic E-state index is 9.02. The van der Waals surface area contributed by atoms with Crippen LogP contribution in [-0.2, 0) is 13.6 Å². The van der Waals surface area contributed by atoms with Crippen LogP contribution in [0.15, 0.2) is 30.9 Å². The van der Waals surface area contributed by atoms with Gasteiger partial charge in [-0.3, -0.25) is 4.98 Å². The Bertz CT molecular complexity index is 552. The van der Waals surface area contributed by atoms with Crippen molar-refractivity contribution in [1.82, 2.24) is 14.5 Å². The van der Waals surface area contributed by atoms with Crippen molar-refractivity contribution in [2.45, 2.75) is 6.54 Å². The molecule has 0 aliphatic rings. The van der Waals surface area contributed by atoms with Crippen molar-refractivity contribution in [3.63, 3.8) is 0 Å². The van der Waals surface area contributed by atoms with Crippen LogP contribution in [0.25, 0.3) is 0 Å². The first-order valence-electron chi connectivity index (χ1n) is 5.24. The fourth-order valence-corrected chi connectivity index (χ4v) is 1.63. The van der Waals surface area contributed by atoms with Crippen LogP contribution in [0.2, 0.25) is 0 Å². The molecular weight excluding hydrogens is 214 g/mol. The Hall–Kier alpha value is -2.35. The zero-order chi connectivity index (χ0) is 12.3. The van der Waals surface area contributed by atoms with Gasteiger partial charge in [0.05, 0.1) is 24.0 Å². The summed E-state index contributed by atoms with van der Waals surface area (Å²) in [7, 11) is 3.87. The van der Waals surface area contributed by atoms with E-state index in [1.165, 1.54) is 0 Å². The standard InChI is InChI=1S/C12H13N5/c1-16-6-5-15-12(16)9-17(2)11-8-14-4-3-10(11)7-13/h3-6,8H,9H2,1-2H3. The lowest BCUT2D eigenvalue weighted by Gasteiger charge is -2.19. The fraction of sp³-hybridized carbons (Fsp3) is 0.250. The van der Waals surface area contributed by atoms with E-state index in [4.69, 9.17) is 5.26 Å². The van der Waals surface area contributed by atoms with Gasteiger partial charge in [0, 0.05) is 32.7 Å². The second-order valence-corrected chi connectivity index (χ2v) is 3.82. The van der Waals surface area contributed by atoms with E-state index in [-0.39, 0.29) is 0 Å². The van der Waals surface area contributed by atoms with Crippen LogP contribution in [0, 0.1) is 11.3 Å². The highest BCUT2D eigenvalue weighted by molar-refractivity contribution is 5.56. The molecule has 0 aliphatic heterocycles. The first kappa shape index (κ1) is 11.1. The van der Waals surface area contributed by atoms with Crippen LogP contribution in [0.4, 0.5) is 5.69 Å². The highest BCUT2D eigenvalue weighted by atomic mass is 15.2. The topological polar surface area (TPSA) is 57.7 Å². The molecule has 0 spiro atoms. The molecule has 0 amide bonds. The second kappa shape index (κ2) is 4.66. The van der Waals surface area contributed by atoms with Crippen LogP contribution in [-0.4, -0.2) is 21.6 Å². The minimum atomic E-state index is 0.622.